The second-order valence-corrected chi connectivity index (χ2v) is 4.52. The average Bonchev–Trinajstić information content (AvgIpc) is 2.49. The summed E-state index contributed by atoms with van der Waals surface area (Å²) >= 11 is 0. The Morgan fingerprint density at radius 2 is 1.95 bits per heavy atom. The van der Waals surface area contributed by atoms with Gasteiger partial charge in [0.1, 0.15) is 11.9 Å². The van der Waals surface area contributed by atoms with Gasteiger partial charge in [-0.25, -0.2) is 4.39 Å². The summed E-state index contributed by atoms with van der Waals surface area (Å²) < 4.78 is 13.2. The van der Waals surface area contributed by atoms with Crippen LogP contribution in [0, 0.1) is 27.3 Å². The molecule has 6 heteroatoms. The van der Waals surface area contributed by atoms with Crippen molar-refractivity contribution in [3.05, 3.63) is 69.5 Å². The van der Waals surface area contributed by atoms with Crippen molar-refractivity contribution in [3.8, 4) is 6.07 Å². The molecule has 0 aliphatic carbocycles. The molecule has 21 heavy (non-hydrogen) atoms. The largest absolute Gasteiger partial charge is 0.378 e. The van der Waals surface area contributed by atoms with Crippen molar-refractivity contribution in [3.63, 3.8) is 0 Å². The van der Waals surface area contributed by atoms with E-state index >= 15 is 0 Å². The first-order valence-corrected chi connectivity index (χ1v) is 6.22. The highest BCUT2D eigenvalue weighted by molar-refractivity contribution is 5.51. The molecule has 0 aliphatic rings. The third-order valence-electron chi connectivity index (χ3n) is 3.07. The third-order valence-corrected chi connectivity index (χ3v) is 3.07. The van der Waals surface area contributed by atoms with Crippen LogP contribution in [-0.4, -0.2) is 4.92 Å². The highest BCUT2D eigenvalue weighted by atomic mass is 19.1. The van der Waals surface area contributed by atoms with E-state index in [1.807, 2.05) is 6.92 Å². The first-order chi connectivity index (χ1) is 10.0. The predicted molar refractivity (Wildman–Crippen MR) is 76.2 cm³/mol. The van der Waals surface area contributed by atoms with Gasteiger partial charge in [0.2, 0.25) is 0 Å². The van der Waals surface area contributed by atoms with Crippen LogP contribution < -0.4 is 5.32 Å². The molecule has 0 spiro atoms. The first kappa shape index (κ1) is 14.5. The monoisotopic (exact) mass is 285 g/mol. The molecule has 1 N–H and O–H groups in total. The highest BCUT2D eigenvalue weighted by Gasteiger charge is 2.10. The summed E-state index contributed by atoms with van der Waals surface area (Å²) in [6.45, 7) is 1.87. The molecule has 0 fully saturated rings. The van der Waals surface area contributed by atoms with Crippen molar-refractivity contribution in [1.82, 2.24) is 0 Å². The lowest BCUT2D eigenvalue weighted by Crippen LogP contribution is -2.07. The Bertz CT molecular complexity index is 708. The number of nitrogens with one attached hydrogen (secondary N) is 1. The fourth-order valence-electron chi connectivity index (χ4n) is 1.92. The van der Waals surface area contributed by atoms with Crippen LogP contribution in [0.5, 0.6) is 0 Å². The fraction of sp³-hybridized carbons (Fsp3) is 0.133. The molecule has 106 valence electrons. The van der Waals surface area contributed by atoms with Crippen LogP contribution in [0.2, 0.25) is 0 Å². The fourth-order valence-corrected chi connectivity index (χ4v) is 1.92. The Morgan fingerprint density at radius 3 is 2.52 bits per heavy atom. The van der Waals surface area contributed by atoms with E-state index in [-0.39, 0.29) is 17.3 Å². The van der Waals surface area contributed by atoms with E-state index in [1.165, 1.54) is 30.3 Å². The molecule has 0 bridgehead atoms. The van der Waals surface area contributed by atoms with Crippen molar-refractivity contribution in [2.75, 3.05) is 5.32 Å². The molecule has 0 radical (unpaired) electrons. The van der Waals surface area contributed by atoms with Crippen LogP contribution >= 0.6 is 0 Å². The second kappa shape index (κ2) is 6.01. The standard InChI is InChI=1S/C15H12FN3O2/c1-10(11-2-5-14(6-3-11)19(20)21)18-13-4-7-15(16)12(8-13)9-17/h2-8,10,18H,1H3. The molecule has 1 unspecified atom stereocenters. The molecular weight excluding hydrogens is 273 g/mol. The lowest BCUT2D eigenvalue weighted by atomic mass is 10.1. The Labute approximate surface area is 120 Å². The van der Waals surface area contributed by atoms with Crippen LogP contribution in [0.1, 0.15) is 24.1 Å². The van der Waals surface area contributed by atoms with Gasteiger partial charge in [0.05, 0.1) is 10.5 Å². The van der Waals surface area contributed by atoms with Crippen LogP contribution in [0.15, 0.2) is 42.5 Å². The Morgan fingerprint density at radius 1 is 1.29 bits per heavy atom. The molecule has 0 saturated carbocycles. The van der Waals surface area contributed by atoms with Gasteiger partial charge in [-0.3, -0.25) is 10.1 Å². The molecule has 2 aromatic carbocycles. The zero-order valence-electron chi connectivity index (χ0n) is 11.2. The van der Waals surface area contributed by atoms with Gasteiger partial charge in [0.15, 0.2) is 0 Å². The summed E-state index contributed by atoms with van der Waals surface area (Å²) in [6, 6.07) is 12.0. The minimum absolute atomic E-state index is 0.0273. The average molecular weight is 285 g/mol. The van der Waals surface area contributed by atoms with Crippen molar-refractivity contribution in [1.29, 1.82) is 5.26 Å². The van der Waals surface area contributed by atoms with E-state index in [4.69, 9.17) is 5.26 Å². The Balaban J connectivity index is 2.16. The zero-order valence-corrected chi connectivity index (χ0v) is 11.2. The maximum absolute atomic E-state index is 13.2. The summed E-state index contributed by atoms with van der Waals surface area (Å²) in [5.74, 6) is -0.564. The van der Waals surface area contributed by atoms with Crippen molar-refractivity contribution in [2.45, 2.75) is 13.0 Å². The summed E-state index contributed by atoms with van der Waals surface area (Å²) in [4.78, 5) is 10.1. The highest BCUT2D eigenvalue weighted by Crippen LogP contribution is 2.23. The maximum Gasteiger partial charge on any atom is 0.269 e. The van der Waals surface area contributed by atoms with Gasteiger partial charge in [-0.15, -0.1) is 0 Å². The number of rotatable bonds is 4. The second-order valence-electron chi connectivity index (χ2n) is 4.52. The lowest BCUT2D eigenvalue weighted by Gasteiger charge is -2.15. The number of nitriles is 1. The molecule has 2 aromatic rings. The van der Waals surface area contributed by atoms with Gasteiger partial charge in [0.25, 0.3) is 5.69 Å². The molecule has 0 aliphatic heterocycles. The number of halogens is 1. The number of anilines is 1. The van der Waals surface area contributed by atoms with Gasteiger partial charge in [-0.05, 0) is 30.7 Å². The van der Waals surface area contributed by atoms with Gasteiger partial charge < -0.3 is 5.32 Å². The minimum atomic E-state index is -0.564. The van der Waals surface area contributed by atoms with E-state index in [2.05, 4.69) is 5.32 Å². The first-order valence-electron chi connectivity index (χ1n) is 6.22. The van der Waals surface area contributed by atoms with E-state index in [9.17, 15) is 14.5 Å². The Kier molecular flexibility index (Phi) is 4.14. The van der Waals surface area contributed by atoms with Gasteiger partial charge >= 0.3 is 0 Å². The van der Waals surface area contributed by atoms with Gasteiger partial charge in [0, 0.05) is 23.9 Å². The van der Waals surface area contributed by atoms with Gasteiger partial charge in [-0.1, -0.05) is 12.1 Å². The van der Waals surface area contributed by atoms with Crippen molar-refractivity contribution in [2.24, 2.45) is 0 Å². The van der Waals surface area contributed by atoms with E-state index in [1.54, 1.807) is 18.2 Å². The Hall–Kier alpha value is -2.94. The summed E-state index contributed by atoms with van der Waals surface area (Å²) in [6.07, 6.45) is 0. The molecule has 2 rings (SSSR count). The smallest absolute Gasteiger partial charge is 0.269 e. The number of benzene rings is 2. The quantitative estimate of drug-likeness (QED) is 0.685. The van der Waals surface area contributed by atoms with Crippen LogP contribution in [0.25, 0.3) is 0 Å². The summed E-state index contributed by atoms with van der Waals surface area (Å²) in [7, 11) is 0. The van der Waals surface area contributed by atoms with Crippen LogP contribution in [0.4, 0.5) is 15.8 Å². The molecule has 0 aromatic heterocycles. The third kappa shape index (κ3) is 3.34. The van der Waals surface area contributed by atoms with Crippen molar-refractivity contribution >= 4 is 11.4 Å². The lowest BCUT2D eigenvalue weighted by molar-refractivity contribution is -0.384. The minimum Gasteiger partial charge on any atom is -0.378 e. The number of non-ortho nitro benzene ring substituents is 1. The van der Waals surface area contributed by atoms with E-state index in [0.29, 0.717) is 5.69 Å². The summed E-state index contributed by atoms with van der Waals surface area (Å²) in [5.41, 5.74) is 1.46. The molecule has 0 heterocycles. The maximum atomic E-state index is 13.2. The van der Waals surface area contributed by atoms with E-state index < -0.39 is 10.7 Å². The van der Waals surface area contributed by atoms with Crippen LogP contribution in [0.3, 0.4) is 0 Å². The van der Waals surface area contributed by atoms with Crippen LogP contribution in [-0.2, 0) is 0 Å². The molecular formula is C15H12FN3O2. The SMILES string of the molecule is CC(Nc1ccc(F)c(C#N)c1)c1ccc([N+](=O)[O-])cc1. The topological polar surface area (TPSA) is 79.0 Å². The number of hydrogen-bond acceptors (Lipinski definition) is 4. The zero-order chi connectivity index (χ0) is 15.4. The predicted octanol–water partition coefficient (Wildman–Crippen LogP) is 3.78. The van der Waals surface area contributed by atoms with Gasteiger partial charge in [-0.2, -0.15) is 5.26 Å². The molecule has 5 nitrogen and oxygen atoms in total. The number of hydrogen-bond donors (Lipinski definition) is 1. The van der Waals surface area contributed by atoms with E-state index in [0.717, 1.165) is 5.56 Å². The molecule has 0 amide bonds. The molecule has 0 saturated heterocycles. The number of nitro groups is 1. The summed E-state index contributed by atoms with van der Waals surface area (Å²) in [5, 5.41) is 22.5. The molecule has 1 atom stereocenters. The normalized spacial score (nSPS) is 11.5. The number of nitro benzene ring substituents is 1. The van der Waals surface area contributed by atoms with Crippen molar-refractivity contribution < 1.29 is 9.31 Å². The number of nitrogens with zero attached hydrogens (tertiary/aromatic N) is 2.